The van der Waals surface area contributed by atoms with Crippen LogP contribution in [0.4, 0.5) is 0 Å². The number of hydrogen-bond acceptors (Lipinski definition) is 3. The number of benzene rings is 1. The summed E-state index contributed by atoms with van der Waals surface area (Å²) in [6, 6.07) is 10.5. The van der Waals surface area contributed by atoms with Crippen molar-refractivity contribution < 1.29 is 4.79 Å². The van der Waals surface area contributed by atoms with Crippen LogP contribution in [0.1, 0.15) is 60.3 Å². The predicted molar refractivity (Wildman–Crippen MR) is 105 cm³/mol. The van der Waals surface area contributed by atoms with E-state index < -0.39 is 0 Å². The standard InChI is InChI=1S/C21H30N4O/c1-16-20(17(2)25(24-16)19-12-8-5-9-13-19)21(26)23-15-14-22-18-10-6-3-4-7-11-18/h5,8-9,12-13,18,22H,3-4,6-7,10-11,14-15H2,1-2H3,(H,23,26). The molecule has 0 unspecified atom stereocenters. The van der Waals surface area contributed by atoms with Crippen LogP contribution in [-0.4, -0.2) is 34.8 Å². The van der Waals surface area contributed by atoms with Crippen LogP contribution in [0.15, 0.2) is 30.3 Å². The van der Waals surface area contributed by atoms with Crippen LogP contribution in [-0.2, 0) is 0 Å². The number of nitrogens with zero attached hydrogens (tertiary/aromatic N) is 2. The zero-order valence-corrected chi connectivity index (χ0v) is 15.9. The highest BCUT2D eigenvalue weighted by molar-refractivity contribution is 5.96. The number of aryl methyl sites for hydroxylation is 1. The lowest BCUT2D eigenvalue weighted by Gasteiger charge is -2.16. The molecule has 1 aliphatic carbocycles. The molecule has 3 rings (SSSR count). The lowest BCUT2D eigenvalue weighted by atomic mass is 10.1. The number of amides is 1. The Morgan fingerprint density at radius 1 is 1.08 bits per heavy atom. The number of carbonyl (C=O) groups excluding carboxylic acids is 1. The Bertz CT molecular complexity index is 715. The Labute approximate surface area is 156 Å². The van der Waals surface area contributed by atoms with E-state index in [1.807, 2.05) is 48.9 Å². The molecule has 1 fully saturated rings. The number of rotatable bonds is 6. The largest absolute Gasteiger partial charge is 0.351 e. The van der Waals surface area contributed by atoms with Crippen LogP contribution in [0, 0.1) is 13.8 Å². The molecule has 0 spiro atoms. The molecule has 26 heavy (non-hydrogen) atoms. The van der Waals surface area contributed by atoms with Gasteiger partial charge in [-0.15, -0.1) is 0 Å². The second-order valence-corrected chi connectivity index (χ2v) is 7.19. The molecule has 1 amide bonds. The van der Waals surface area contributed by atoms with Crippen molar-refractivity contribution in [1.29, 1.82) is 0 Å². The third-order valence-electron chi connectivity index (χ3n) is 5.22. The maximum atomic E-state index is 12.6. The van der Waals surface area contributed by atoms with E-state index in [4.69, 9.17) is 0 Å². The Hall–Kier alpha value is -2.14. The molecule has 0 aliphatic heterocycles. The SMILES string of the molecule is Cc1nn(-c2ccccc2)c(C)c1C(=O)NCCNC1CCCCCC1. The van der Waals surface area contributed by atoms with Crippen LogP contribution in [0.2, 0.25) is 0 Å². The zero-order valence-electron chi connectivity index (χ0n) is 15.9. The van der Waals surface area contributed by atoms with Gasteiger partial charge in [0.15, 0.2) is 0 Å². The van der Waals surface area contributed by atoms with E-state index in [9.17, 15) is 4.79 Å². The fourth-order valence-electron chi connectivity index (χ4n) is 3.82. The van der Waals surface area contributed by atoms with Gasteiger partial charge in [-0.25, -0.2) is 4.68 Å². The Morgan fingerprint density at radius 3 is 2.46 bits per heavy atom. The van der Waals surface area contributed by atoms with Crippen molar-refractivity contribution >= 4 is 5.91 Å². The summed E-state index contributed by atoms with van der Waals surface area (Å²) in [7, 11) is 0. The maximum absolute atomic E-state index is 12.6. The molecule has 2 N–H and O–H groups in total. The molecule has 0 saturated heterocycles. The minimum atomic E-state index is -0.0372. The number of carbonyl (C=O) groups is 1. The Kier molecular flexibility index (Phi) is 6.45. The summed E-state index contributed by atoms with van der Waals surface area (Å²) in [6.45, 7) is 5.31. The highest BCUT2D eigenvalue weighted by Gasteiger charge is 2.19. The van der Waals surface area contributed by atoms with Crippen LogP contribution < -0.4 is 10.6 Å². The molecule has 2 aromatic rings. The first-order valence-corrected chi connectivity index (χ1v) is 9.80. The van der Waals surface area contributed by atoms with E-state index in [-0.39, 0.29) is 5.91 Å². The van der Waals surface area contributed by atoms with Crippen LogP contribution in [0.5, 0.6) is 0 Å². The minimum Gasteiger partial charge on any atom is -0.351 e. The smallest absolute Gasteiger partial charge is 0.255 e. The van der Waals surface area contributed by atoms with Gasteiger partial charge in [-0.3, -0.25) is 4.79 Å². The monoisotopic (exact) mass is 354 g/mol. The highest BCUT2D eigenvalue weighted by atomic mass is 16.1. The van der Waals surface area contributed by atoms with Crippen molar-refractivity contribution in [3.8, 4) is 5.69 Å². The van der Waals surface area contributed by atoms with Gasteiger partial charge in [0.2, 0.25) is 0 Å². The molecule has 1 saturated carbocycles. The first kappa shape index (κ1) is 18.6. The highest BCUT2D eigenvalue weighted by Crippen LogP contribution is 2.18. The topological polar surface area (TPSA) is 59.0 Å². The molecule has 1 aromatic heterocycles. The fraction of sp³-hybridized carbons (Fsp3) is 0.524. The summed E-state index contributed by atoms with van der Waals surface area (Å²) in [5, 5.41) is 11.2. The molecule has 1 heterocycles. The summed E-state index contributed by atoms with van der Waals surface area (Å²) >= 11 is 0. The first-order valence-electron chi connectivity index (χ1n) is 9.80. The van der Waals surface area contributed by atoms with E-state index in [2.05, 4.69) is 15.7 Å². The van der Waals surface area contributed by atoms with Gasteiger partial charge in [0, 0.05) is 19.1 Å². The second-order valence-electron chi connectivity index (χ2n) is 7.19. The average Bonchev–Trinajstić information content (AvgIpc) is 2.81. The van der Waals surface area contributed by atoms with Crippen LogP contribution >= 0.6 is 0 Å². The van der Waals surface area contributed by atoms with Gasteiger partial charge in [0.1, 0.15) is 0 Å². The third-order valence-corrected chi connectivity index (χ3v) is 5.22. The van der Waals surface area contributed by atoms with Crippen molar-refractivity contribution in [2.24, 2.45) is 0 Å². The van der Waals surface area contributed by atoms with Crippen molar-refractivity contribution in [2.45, 2.75) is 58.4 Å². The van der Waals surface area contributed by atoms with Crippen LogP contribution in [0.25, 0.3) is 5.69 Å². The summed E-state index contributed by atoms with van der Waals surface area (Å²) in [5.74, 6) is -0.0372. The molecule has 5 nitrogen and oxygen atoms in total. The van der Waals surface area contributed by atoms with Crippen molar-refractivity contribution in [1.82, 2.24) is 20.4 Å². The summed E-state index contributed by atoms with van der Waals surface area (Å²) < 4.78 is 1.84. The minimum absolute atomic E-state index is 0.0372. The van der Waals surface area contributed by atoms with E-state index in [1.54, 1.807) is 0 Å². The van der Waals surface area contributed by atoms with Crippen molar-refractivity contribution in [2.75, 3.05) is 13.1 Å². The third kappa shape index (κ3) is 4.52. The normalized spacial score (nSPS) is 15.6. The van der Waals surface area contributed by atoms with Gasteiger partial charge in [0.05, 0.1) is 22.6 Å². The zero-order chi connectivity index (χ0) is 18.4. The van der Waals surface area contributed by atoms with Crippen molar-refractivity contribution in [3.05, 3.63) is 47.3 Å². The summed E-state index contributed by atoms with van der Waals surface area (Å²) in [4.78, 5) is 12.6. The van der Waals surface area contributed by atoms with E-state index >= 15 is 0 Å². The summed E-state index contributed by atoms with van der Waals surface area (Å²) in [6.07, 6.45) is 7.88. The number of nitrogens with one attached hydrogen (secondary N) is 2. The van der Waals surface area contributed by atoms with E-state index in [1.165, 1.54) is 38.5 Å². The molecule has 1 aromatic carbocycles. The number of para-hydroxylation sites is 1. The van der Waals surface area contributed by atoms with E-state index in [0.29, 0.717) is 18.2 Å². The molecule has 0 bridgehead atoms. The van der Waals surface area contributed by atoms with Crippen molar-refractivity contribution in [3.63, 3.8) is 0 Å². The van der Waals surface area contributed by atoms with Gasteiger partial charge in [-0.05, 0) is 38.8 Å². The van der Waals surface area contributed by atoms with E-state index in [0.717, 1.165) is 23.6 Å². The van der Waals surface area contributed by atoms with Crippen LogP contribution in [0.3, 0.4) is 0 Å². The lowest BCUT2D eigenvalue weighted by molar-refractivity contribution is 0.0952. The average molecular weight is 354 g/mol. The van der Waals surface area contributed by atoms with Gasteiger partial charge in [-0.1, -0.05) is 43.9 Å². The van der Waals surface area contributed by atoms with Gasteiger partial charge in [0.25, 0.3) is 5.91 Å². The number of aromatic nitrogens is 2. The van der Waals surface area contributed by atoms with Gasteiger partial charge in [-0.2, -0.15) is 5.10 Å². The Balaban J connectivity index is 1.55. The lowest BCUT2D eigenvalue weighted by Crippen LogP contribution is -2.37. The maximum Gasteiger partial charge on any atom is 0.255 e. The Morgan fingerprint density at radius 2 is 1.77 bits per heavy atom. The predicted octanol–water partition coefficient (Wildman–Crippen LogP) is 3.53. The molecule has 140 valence electrons. The molecular weight excluding hydrogens is 324 g/mol. The first-order chi connectivity index (χ1) is 12.7. The molecule has 0 atom stereocenters. The summed E-state index contributed by atoms with van der Waals surface area (Å²) in [5.41, 5.74) is 3.30. The van der Waals surface area contributed by atoms with Gasteiger partial charge >= 0.3 is 0 Å². The fourth-order valence-corrected chi connectivity index (χ4v) is 3.82. The molecular formula is C21H30N4O. The number of hydrogen-bond donors (Lipinski definition) is 2. The molecule has 5 heteroatoms. The molecule has 0 radical (unpaired) electrons. The quantitative estimate of drug-likeness (QED) is 0.616. The molecule has 1 aliphatic rings. The second kappa shape index (κ2) is 8.99. The van der Waals surface area contributed by atoms with Gasteiger partial charge < -0.3 is 10.6 Å².